The van der Waals surface area contributed by atoms with Crippen molar-refractivity contribution in [2.24, 2.45) is 0 Å². The largest absolute Gasteiger partial charge is 0.469 e. The molecule has 0 bridgehead atoms. The molecule has 0 fully saturated rings. The first-order valence-electron chi connectivity index (χ1n) is 6.75. The molecule has 0 saturated heterocycles. The summed E-state index contributed by atoms with van der Waals surface area (Å²) in [6.45, 7) is 4.13. The third kappa shape index (κ3) is 3.95. The topological polar surface area (TPSA) is 71.3 Å². The molecule has 5 heteroatoms. The van der Waals surface area contributed by atoms with Gasteiger partial charge in [-0.15, -0.1) is 0 Å². The first-order chi connectivity index (χ1) is 10.1. The van der Waals surface area contributed by atoms with E-state index >= 15 is 0 Å². The normalized spacial score (nSPS) is 10.2. The van der Waals surface area contributed by atoms with Crippen LogP contribution in [0.25, 0.3) is 0 Å². The molecule has 0 saturated carbocycles. The Labute approximate surface area is 123 Å². The summed E-state index contributed by atoms with van der Waals surface area (Å²) >= 11 is 0. The molecule has 2 N–H and O–H groups in total. The van der Waals surface area contributed by atoms with Crippen LogP contribution < -0.4 is 10.6 Å². The van der Waals surface area contributed by atoms with Crippen molar-refractivity contribution in [1.29, 1.82) is 0 Å². The lowest BCUT2D eigenvalue weighted by molar-refractivity contribution is -0.136. The van der Waals surface area contributed by atoms with E-state index in [-0.39, 0.29) is 0 Å². The highest BCUT2D eigenvalue weighted by Gasteiger charge is 2.15. The molecule has 0 unspecified atom stereocenters. The third-order valence-corrected chi connectivity index (χ3v) is 3.16. The predicted octanol–water partition coefficient (Wildman–Crippen LogP) is 2.19. The molecule has 1 aromatic heterocycles. The molecule has 5 nitrogen and oxygen atoms in total. The van der Waals surface area contributed by atoms with Gasteiger partial charge < -0.3 is 15.1 Å². The van der Waals surface area contributed by atoms with E-state index in [0.717, 1.165) is 16.9 Å². The molecule has 2 aromatic rings. The number of carbonyl (C=O) groups is 2. The second kappa shape index (κ2) is 6.74. The first-order valence-corrected chi connectivity index (χ1v) is 6.75. The quantitative estimate of drug-likeness (QED) is 0.846. The first kappa shape index (κ1) is 14.8. The van der Waals surface area contributed by atoms with Gasteiger partial charge in [0.25, 0.3) is 0 Å². The highest BCUT2D eigenvalue weighted by atomic mass is 16.3. The second-order valence-electron chi connectivity index (χ2n) is 4.81. The van der Waals surface area contributed by atoms with E-state index < -0.39 is 11.8 Å². The van der Waals surface area contributed by atoms with E-state index in [2.05, 4.69) is 10.6 Å². The van der Waals surface area contributed by atoms with Crippen LogP contribution in [-0.2, 0) is 16.0 Å². The van der Waals surface area contributed by atoms with Gasteiger partial charge >= 0.3 is 11.8 Å². The average molecular weight is 286 g/mol. The zero-order chi connectivity index (χ0) is 15.2. The van der Waals surface area contributed by atoms with E-state index in [1.165, 1.54) is 0 Å². The van der Waals surface area contributed by atoms with Crippen LogP contribution in [0.1, 0.15) is 16.9 Å². The van der Waals surface area contributed by atoms with Crippen LogP contribution in [0.15, 0.2) is 41.0 Å². The van der Waals surface area contributed by atoms with Crippen LogP contribution in [0.3, 0.4) is 0 Å². The lowest BCUT2D eigenvalue weighted by atomic mass is 10.1. The molecule has 21 heavy (non-hydrogen) atoms. The van der Waals surface area contributed by atoms with Crippen LogP contribution in [0.2, 0.25) is 0 Å². The number of anilines is 1. The molecule has 2 amide bonds. The zero-order valence-corrected chi connectivity index (χ0v) is 12.1. The van der Waals surface area contributed by atoms with Crippen molar-refractivity contribution in [2.45, 2.75) is 20.3 Å². The fraction of sp³-hybridized carbons (Fsp3) is 0.250. The van der Waals surface area contributed by atoms with Crippen molar-refractivity contribution >= 4 is 17.5 Å². The van der Waals surface area contributed by atoms with Crippen molar-refractivity contribution in [3.05, 3.63) is 53.5 Å². The molecule has 1 aromatic carbocycles. The van der Waals surface area contributed by atoms with Gasteiger partial charge in [0.1, 0.15) is 5.76 Å². The minimum Gasteiger partial charge on any atom is -0.469 e. The van der Waals surface area contributed by atoms with Gasteiger partial charge in [-0.1, -0.05) is 18.2 Å². The molecule has 1 heterocycles. The zero-order valence-electron chi connectivity index (χ0n) is 12.1. The Morgan fingerprint density at radius 2 is 1.76 bits per heavy atom. The Bertz CT molecular complexity index is 613. The van der Waals surface area contributed by atoms with E-state index in [1.54, 1.807) is 12.3 Å². The van der Waals surface area contributed by atoms with E-state index in [0.29, 0.717) is 18.7 Å². The maximum Gasteiger partial charge on any atom is 0.313 e. The van der Waals surface area contributed by atoms with Crippen molar-refractivity contribution in [2.75, 3.05) is 11.9 Å². The minimum atomic E-state index is -0.660. The van der Waals surface area contributed by atoms with Crippen LogP contribution in [0.4, 0.5) is 5.69 Å². The maximum atomic E-state index is 11.9. The number of aryl methyl sites for hydroxylation is 2. The van der Waals surface area contributed by atoms with E-state index in [9.17, 15) is 9.59 Å². The van der Waals surface area contributed by atoms with Crippen LogP contribution in [-0.4, -0.2) is 18.4 Å². The van der Waals surface area contributed by atoms with Gasteiger partial charge in [-0.25, -0.2) is 0 Å². The van der Waals surface area contributed by atoms with Gasteiger partial charge in [0.05, 0.1) is 6.26 Å². The Balaban J connectivity index is 1.86. The van der Waals surface area contributed by atoms with Gasteiger partial charge in [0, 0.05) is 18.7 Å². The predicted molar refractivity (Wildman–Crippen MR) is 80.0 cm³/mol. The standard InChI is InChI=1S/C16H18N2O3/c1-11-5-3-6-12(2)14(11)18-16(20)15(19)17-9-8-13-7-4-10-21-13/h3-7,10H,8-9H2,1-2H3,(H,17,19)(H,18,20). The molecular weight excluding hydrogens is 268 g/mol. The van der Waals surface area contributed by atoms with E-state index in [1.807, 2.05) is 38.1 Å². The Kier molecular flexibility index (Phi) is 4.77. The average Bonchev–Trinajstić information content (AvgIpc) is 2.96. The minimum absolute atomic E-state index is 0.354. The number of amides is 2. The van der Waals surface area contributed by atoms with Crippen molar-refractivity contribution < 1.29 is 14.0 Å². The number of nitrogens with one attached hydrogen (secondary N) is 2. The highest BCUT2D eigenvalue weighted by molar-refractivity contribution is 6.39. The van der Waals surface area contributed by atoms with E-state index in [4.69, 9.17) is 4.42 Å². The number of hydrogen-bond acceptors (Lipinski definition) is 3. The number of furan rings is 1. The van der Waals surface area contributed by atoms with Gasteiger partial charge in [-0.05, 0) is 37.1 Å². The second-order valence-corrected chi connectivity index (χ2v) is 4.81. The summed E-state index contributed by atoms with van der Waals surface area (Å²) in [7, 11) is 0. The number of para-hydroxylation sites is 1. The van der Waals surface area contributed by atoms with Crippen molar-refractivity contribution in [3.8, 4) is 0 Å². The van der Waals surface area contributed by atoms with Gasteiger partial charge in [-0.2, -0.15) is 0 Å². The van der Waals surface area contributed by atoms with Gasteiger partial charge in [0.15, 0.2) is 0 Å². The molecular formula is C16H18N2O3. The third-order valence-electron chi connectivity index (χ3n) is 3.16. The summed E-state index contributed by atoms with van der Waals surface area (Å²) in [5.74, 6) is -0.540. The molecule has 0 spiro atoms. The van der Waals surface area contributed by atoms with Crippen molar-refractivity contribution in [1.82, 2.24) is 5.32 Å². The summed E-state index contributed by atoms with van der Waals surface area (Å²) < 4.78 is 5.15. The molecule has 110 valence electrons. The number of carbonyl (C=O) groups excluding carboxylic acids is 2. The number of hydrogen-bond donors (Lipinski definition) is 2. The van der Waals surface area contributed by atoms with Crippen molar-refractivity contribution in [3.63, 3.8) is 0 Å². The summed E-state index contributed by atoms with van der Waals surface area (Å²) in [5, 5.41) is 5.22. The molecule has 2 rings (SSSR count). The molecule has 0 aliphatic carbocycles. The van der Waals surface area contributed by atoms with Gasteiger partial charge in [0.2, 0.25) is 0 Å². The summed E-state index contributed by atoms with van der Waals surface area (Å²) in [4.78, 5) is 23.6. The Morgan fingerprint density at radius 1 is 1.05 bits per heavy atom. The fourth-order valence-electron chi connectivity index (χ4n) is 2.02. The molecule has 0 aliphatic rings. The highest BCUT2D eigenvalue weighted by Crippen LogP contribution is 2.19. The molecule has 0 atom stereocenters. The summed E-state index contributed by atoms with van der Waals surface area (Å²) in [5.41, 5.74) is 2.53. The number of benzene rings is 1. The monoisotopic (exact) mass is 286 g/mol. The molecule has 0 aliphatic heterocycles. The lowest BCUT2D eigenvalue weighted by Crippen LogP contribution is -2.36. The summed E-state index contributed by atoms with van der Waals surface area (Å²) in [6.07, 6.45) is 2.13. The number of rotatable bonds is 4. The molecule has 0 radical (unpaired) electrons. The maximum absolute atomic E-state index is 11.9. The van der Waals surface area contributed by atoms with Crippen LogP contribution >= 0.6 is 0 Å². The van der Waals surface area contributed by atoms with Crippen LogP contribution in [0.5, 0.6) is 0 Å². The lowest BCUT2D eigenvalue weighted by Gasteiger charge is -2.11. The Hall–Kier alpha value is -2.56. The summed E-state index contributed by atoms with van der Waals surface area (Å²) in [6, 6.07) is 9.28. The fourth-order valence-corrected chi connectivity index (χ4v) is 2.02. The Morgan fingerprint density at radius 3 is 2.38 bits per heavy atom. The van der Waals surface area contributed by atoms with Crippen LogP contribution in [0, 0.1) is 13.8 Å². The van der Waals surface area contributed by atoms with Gasteiger partial charge in [-0.3, -0.25) is 9.59 Å². The SMILES string of the molecule is Cc1cccc(C)c1NC(=O)C(=O)NCCc1ccco1. The smallest absolute Gasteiger partial charge is 0.313 e.